The third-order valence-corrected chi connectivity index (χ3v) is 8.12. The molecule has 0 bridgehead atoms. The highest BCUT2D eigenvalue weighted by molar-refractivity contribution is 7.91. The van der Waals surface area contributed by atoms with Crippen LogP contribution in [0.5, 0.6) is 0 Å². The lowest BCUT2D eigenvalue weighted by molar-refractivity contribution is -0.122. The predicted octanol–water partition coefficient (Wildman–Crippen LogP) is 3.48. The Balaban J connectivity index is 1.49. The standard InChI is InChI=1S/C22H25Cl2N3O3S/c23-17-12-18(24)14-19(13-17)25-22(28)21(16-4-2-1-3-5-16)27-9-7-26(8-10-27)20-6-11-31(29,30)15-20/h1-5,12-14,20-21H,6-11,15H2,(H,25,28)/t20-,21+/m1/s1. The lowest BCUT2D eigenvalue weighted by Crippen LogP contribution is -2.53. The molecule has 2 atom stereocenters. The highest BCUT2D eigenvalue weighted by Crippen LogP contribution is 2.28. The molecule has 2 aliphatic rings. The van der Waals surface area contributed by atoms with E-state index in [-0.39, 0.29) is 23.5 Å². The number of benzene rings is 2. The van der Waals surface area contributed by atoms with Gasteiger partial charge in [0.1, 0.15) is 6.04 Å². The summed E-state index contributed by atoms with van der Waals surface area (Å²) in [6.45, 7) is 2.83. The third-order valence-electron chi connectivity index (χ3n) is 5.93. The number of carbonyl (C=O) groups excluding carboxylic acids is 1. The van der Waals surface area contributed by atoms with Crippen molar-refractivity contribution in [1.29, 1.82) is 0 Å². The van der Waals surface area contributed by atoms with Crippen LogP contribution in [0.15, 0.2) is 48.5 Å². The molecule has 0 aliphatic carbocycles. The minimum Gasteiger partial charge on any atom is -0.324 e. The molecule has 0 aromatic heterocycles. The largest absolute Gasteiger partial charge is 0.324 e. The third kappa shape index (κ3) is 5.59. The summed E-state index contributed by atoms with van der Waals surface area (Å²) < 4.78 is 23.7. The van der Waals surface area contributed by atoms with Crippen LogP contribution < -0.4 is 5.32 Å². The van der Waals surface area contributed by atoms with E-state index in [1.165, 1.54) is 0 Å². The predicted molar refractivity (Wildman–Crippen MR) is 124 cm³/mol. The van der Waals surface area contributed by atoms with Crippen molar-refractivity contribution in [2.24, 2.45) is 0 Å². The van der Waals surface area contributed by atoms with Crippen LogP contribution >= 0.6 is 23.2 Å². The van der Waals surface area contributed by atoms with Crippen molar-refractivity contribution in [3.8, 4) is 0 Å². The molecule has 166 valence electrons. The summed E-state index contributed by atoms with van der Waals surface area (Å²) in [4.78, 5) is 17.7. The minimum absolute atomic E-state index is 0.0877. The highest BCUT2D eigenvalue weighted by atomic mass is 35.5. The van der Waals surface area contributed by atoms with Gasteiger partial charge >= 0.3 is 0 Å². The molecule has 31 heavy (non-hydrogen) atoms. The van der Waals surface area contributed by atoms with Gasteiger partial charge in [0, 0.05) is 48.0 Å². The maximum atomic E-state index is 13.3. The number of hydrogen-bond donors (Lipinski definition) is 1. The number of anilines is 1. The van der Waals surface area contributed by atoms with E-state index in [0.717, 1.165) is 18.7 Å². The van der Waals surface area contributed by atoms with Crippen LogP contribution in [0.25, 0.3) is 0 Å². The average molecular weight is 482 g/mol. The summed E-state index contributed by atoms with van der Waals surface area (Å²) in [6, 6.07) is 14.3. The molecule has 0 saturated carbocycles. The fourth-order valence-corrected chi connectivity index (χ4v) is 6.71. The molecule has 2 aliphatic heterocycles. The van der Waals surface area contributed by atoms with Crippen LogP contribution in [-0.2, 0) is 14.6 Å². The zero-order valence-corrected chi connectivity index (χ0v) is 19.3. The maximum Gasteiger partial charge on any atom is 0.246 e. The molecule has 2 aromatic rings. The second kappa shape index (κ2) is 9.46. The number of hydrogen-bond acceptors (Lipinski definition) is 5. The molecule has 2 saturated heterocycles. The molecule has 0 unspecified atom stereocenters. The monoisotopic (exact) mass is 481 g/mol. The molecule has 0 spiro atoms. The van der Waals surface area contributed by atoms with Gasteiger partial charge in [-0.15, -0.1) is 0 Å². The minimum atomic E-state index is -2.91. The van der Waals surface area contributed by atoms with Crippen molar-refractivity contribution in [3.05, 3.63) is 64.1 Å². The summed E-state index contributed by atoms with van der Waals surface area (Å²) in [5, 5.41) is 3.87. The first kappa shape index (κ1) is 22.6. The Morgan fingerprint density at radius 2 is 1.65 bits per heavy atom. The van der Waals surface area contributed by atoms with Crippen LogP contribution in [0, 0.1) is 0 Å². The number of piperazine rings is 1. The lowest BCUT2D eigenvalue weighted by atomic mass is 10.0. The molecule has 2 heterocycles. The van der Waals surface area contributed by atoms with Gasteiger partial charge in [0.25, 0.3) is 0 Å². The second-order valence-corrected chi connectivity index (χ2v) is 11.2. The number of carbonyl (C=O) groups is 1. The number of halogens is 2. The van der Waals surface area contributed by atoms with Crippen molar-refractivity contribution in [2.45, 2.75) is 18.5 Å². The van der Waals surface area contributed by atoms with Gasteiger partial charge in [0.15, 0.2) is 9.84 Å². The van der Waals surface area contributed by atoms with Gasteiger partial charge in [-0.2, -0.15) is 0 Å². The van der Waals surface area contributed by atoms with E-state index < -0.39 is 15.9 Å². The van der Waals surface area contributed by atoms with Gasteiger partial charge < -0.3 is 5.32 Å². The van der Waals surface area contributed by atoms with Crippen molar-refractivity contribution < 1.29 is 13.2 Å². The molecular formula is C22H25Cl2N3O3S. The topological polar surface area (TPSA) is 69.7 Å². The van der Waals surface area contributed by atoms with E-state index >= 15 is 0 Å². The van der Waals surface area contributed by atoms with E-state index in [2.05, 4.69) is 15.1 Å². The van der Waals surface area contributed by atoms with E-state index in [1.54, 1.807) is 18.2 Å². The Hall–Kier alpha value is -1.64. The van der Waals surface area contributed by atoms with Crippen LogP contribution in [0.2, 0.25) is 10.0 Å². The molecule has 6 nitrogen and oxygen atoms in total. The van der Waals surface area contributed by atoms with Gasteiger partial charge in [-0.25, -0.2) is 8.42 Å². The van der Waals surface area contributed by atoms with Crippen LogP contribution in [0.3, 0.4) is 0 Å². The SMILES string of the molecule is O=C(Nc1cc(Cl)cc(Cl)c1)[C@H](c1ccccc1)N1CCN([C@@H]2CCS(=O)(=O)C2)CC1. The van der Waals surface area contributed by atoms with Crippen molar-refractivity contribution in [3.63, 3.8) is 0 Å². The number of rotatable bonds is 5. The highest BCUT2D eigenvalue weighted by Gasteiger charge is 2.36. The molecule has 1 N–H and O–H groups in total. The van der Waals surface area contributed by atoms with Gasteiger partial charge in [-0.3, -0.25) is 14.6 Å². The van der Waals surface area contributed by atoms with Crippen LogP contribution in [0.1, 0.15) is 18.0 Å². The number of nitrogens with zero attached hydrogens (tertiary/aromatic N) is 2. The Kier molecular flexibility index (Phi) is 6.89. The average Bonchev–Trinajstić information content (AvgIpc) is 3.08. The smallest absolute Gasteiger partial charge is 0.246 e. The second-order valence-electron chi connectivity index (χ2n) is 8.09. The molecule has 2 aromatic carbocycles. The summed E-state index contributed by atoms with van der Waals surface area (Å²) in [5.41, 5.74) is 1.46. The number of nitrogens with one attached hydrogen (secondary N) is 1. The number of amides is 1. The van der Waals surface area contributed by atoms with Gasteiger partial charge in [-0.05, 0) is 30.2 Å². The lowest BCUT2D eigenvalue weighted by Gasteiger charge is -2.40. The molecule has 2 fully saturated rings. The van der Waals surface area contributed by atoms with Crippen LogP contribution in [-0.4, -0.2) is 67.9 Å². The number of sulfone groups is 1. The quantitative estimate of drug-likeness (QED) is 0.707. The molecule has 0 radical (unpaired) electrons. The van der Waals surface area contributed by atoms with Gasteiger partial charge in [-0.1, -0.05) is 53.5 Å². The zero-order chi connectivity index (χ0) is 22.0. The fourth-order valence-electron chi connectivity index (χ4n) is 4.42. The summed E-state index contributed by atoms with van der Waals surface area (Å²) in [6.07, 6.45) is 0.695. The Bertz CT molecular complexity index is 1020. The normalized spacial score (nSPS) is 22.8. The van der Waals surface area contributed by atoms with Gasteiger partial charge in [0.2, 0.25) is 5.91 Å². The van der Waals surface area contributed by atoms with Crippen LogP contribution in [0.4, 0.5) is 5.69 Å². The summed E-state index contributed by atoms with van der Waals surface area (Å²) >= 11 is 12.2. The van der Waals surface area contributed by atoms with Crippen molar-refractivity contribution in [2.75, 3.05) is 43.0 Å². The molecular weight excluding hydrogens is 457 g/mol. The maximum absolute atomic E-state index is 13.3. The van der Waals surface area contributed by atoms with E-state index in [1.807, 2.05) is 30.3 Å². The van der Waals surface area contributed by atoms with E-state index in [9.17, 15) is 13.2 Å². The molecule has 4 rings (SSSR count). The Morgan fingerprint density at radius 3 is 2.23 bits per heavy atom. The van der Waals surface area contributed by atoms with Crippen molar-refractivity contribution in [1.82, 2.24) is 9.80 Å². The van der Waals surface area contributed by atoms with Crippen molar-refractivity contribution >= 4 is 44.6 Å². The fraction of sp³-hybridized carbons (Fsp3) is 0.409. The first-order chi connectivity index (χ1) is 14.8. The molecule has 9 heteroatoms. The summed E-state index contributed by atoms with van der Waals surface area (Å²) in [7, 11) is -2.91. The van der Waals surface area contributed by atoms with E-state index in [0.29, 0.717) is 35.2 Å². The first-order valence-electron chi connectivity index (χ1n) is 10.3. The Labute approximate surface area is 193 Å². The molecule has 1 amide bonds. The van der Waals surface area contributed by atoms with Gasteiger partial charge in [0.05, 0.1) is 11.5 Å². The Morgan fingerprint density at radius 1 is 1.00 bits per heavy atom. The van der Waals surface area contributed by atoms with E-state index in [4.69, 9.17) is 23.2 Å². The first-order valence-corrected chi connectivity index (χ1v) is 12.9. The zero-order valence-electron chi connectivity index (χ0n) is 17.0. The summed E-state index contributed by atoms with van der Waals surface area (Å²) in [5.74, 6) is 0.363.